The van der Waals surface area contributed by atoms with Crippen LogP contribution in [-0.4, -0.2) is 21.8 Å². The van der Waals surface area contributed by atoms with Gasteiger partial charge in [0.15, 0.2) is 0 Å². The van der Waals surface area contributed by atoms with E-state index in [1.54, 1.807) is 18.7 Å². The van der Waals surface area contributed by atoms with Gasteiger partial charge >= 0.3 is 0 Å². The predicted molar refractivity (Wildman–Crippen MR) is 64.7 cm³/mol. The summed E-state index contributed by atoms with van der Waals surface area (Å²) >= 11 is 1.54. The van der Waals surface area contributed by atoms with E-state index in [1.807, 2.05) is 13.8 Å². The van der Waals surface area contributed by atoms with E-state index in [4.69, 9.17) is 15.6 Å². The number of amidine groups is 1. The van der Waals surface area contributed by atoms with Gasteiger partial charge in [-0.25, -0.2) is 0 Å². The maximum absolute atomic E-state index is 7.43. The maximum atomic E-state index is 7.43. The van der Waals surface area contributed by atoms with Gasteiger partial charge in [-0.15, -0.1) is 10.2 Å². The summed E-state index contributed by atoms with van der Waals surface area (Å²) in [5, 5.41) is 15.7. The summed E-state index contributed by atoms with van der Waals surface area (Å²) in [7, 11) is 0. The molecule has 0 aliphatic rings. The zero-order chi connectivity index (χ0) is 12.2. The van der Waals surface area contributed by atoms with E-state index in [2.05, 4.69) is 10.2 Å². The molecule has 16 heavy (non-hydrogen) atoms. The number of hydrogen-bond acceptors (Lipinski definition) is 5. The molecule has 0 unspecified atom stereocenters. The van der Waals surface area contributed by atoms with Gasteiger partial charge in [-0.1, -0.05) is 25.6 Å². The fourth-order valence-corrected chi connectivity index (χ4v) is 1.89. The van der Waals surface area contributed by atoms with Crippen LogP contribution in [-0.2, 0) is 0 Å². The van der Waals surface area contributed by atoms with Gasteiger partial charge in [0.05, 0.1) is 5.84 Å². The van der Waals surface area contributed by atoms with Crippen molar-refractivity contribution in [3.63, 3.8) is 0 Å². The van der Waals surface area contributed by atoms with Gasteiger partial charge in [-0.3, -0.25) is 5.41 Å². The van der Waals surface area contributed by atoms with Crippen LogP contribution in [0.25, 0.3) is 0 Å². The van der Waals surface area contributed by atoms with Crippen molar-refractivity contribution in [3.05, 3.63) is 5.89 Å². The van der Waals surface area contributed by atoms with E-state index in [-0.39, 0.29) is 11.3 Å². The van der Waals surface area contributed by atoms with Gasteiger partial charge in [0.2, 0.25) is 5.89 Å². The number of aromatic nitrogens is 2. The molecule has 0 bridgehead atoms. The van der Waals surface area contributed by atoms with Gasteiger partial charge < -0.3 is 10.2 Å². The molecule has 6 heteroatoms. The van der Waals surface area contributed by atoms with E-state index in [9.17, 15) is 0 Å². The number of nitrogens with one attached hydrogen (secondary N) is 1. The molecule has 1 aromatic heterocycles. The van der Waals surface area contributed by atoms with Gasteiger partial charge in [0.1, 0.15) is 0 Å². The highest BCUT2D eigenvalue weighted by atomic mass is 32.2. The molecule has 0 aromatic carbocycles. The van der Waals surface area contributed by atoms with E-state index in [0.29, 0.717) is 11.1 Å². The summed E-state index contributed by atoms with van der Waals surface area (Å²) in [6.45, 7) is 5.74. The molecule has 0 aliphatic heterocycles. The molecule has 0 aliphatic carbocycles. The van der Waals surface area contributed by atoms with Crippen molar-refractivity contribution in [2.75, 3.05) is 5.75 Å². The molecule has 0 saturated carbocycles. The number of rotatable bonds is 6. The third-order valence-corrected chi connectivity index (χ3v) is 3.31. The first-order valence-electron chi connectivity index (χ1n) is 5.19. The Bertz CT molecular complexity index is 361. The van der Waals surface area contributed by atoms with Crippen LogP contribution in [0.2, 0.25) is 0 Å². The fraction of sp³-hybridized carbons (Fsp3) is 0.700. The molecule has 1 rings (SSSR count). The first-order chi connectivity index (χ1) is 7.42. The van der Waals surface area contributed by atoms with E-state index in [0.717, 1.165) is 18.6 Å². The third kappa shape index (κ3) is 3.84. The van der Waals surface area contributed by atoms with Crippen LogP contribution in [0.15, 0.2) is 9.64 Å². The number of hydrogen-bond donors (Lipinski definition) is 2. The number of aryl methyl sites for hydroxylation is 1. The van der Waals surface area contributed by atoms with Crippen molar-refractivity contribution in [3.8, 4) is 0 Å². The van der Waals surface area contributed by atoms with E-state index < -0.39 is 0 Å². The van der Waals surface area contributed by atoms with Crippen molar-refractivity contribution in [1.29, 1.82) is 5.41 Å². The first-order valence-corrected chi connectivity index (χ1v) is 6.18. The Kier molecular flexibility index (Phi) is 4.35. The summed E-state index contributed by atoms with van der Waals surface area (Å²) in [5.41, 5.74) is 5.29. The molecule has 90 valence electrons. The van der Waals surface area contributed by atoms with Gasteiger partial charge in [0, 0.05) is 18.1 Å². The quantitative estimate of drug-likeness (QED) is 0.345. The molecule has 3 N–H and O–H groups in total. The van der Waals surface area contributed by atoms with Crippen LogP contribution in [0.5, 0.6) is 0 Å². The van der Waals surface area contributed by atoms with Crippen LogP contribution in [0.4, 0.5) is 0 Å². The standard InChI is InChI=1S/C10H18N4OS/c1-7-13-14-9(15-7)16-6-4-5-10(2,3)8(11)12/h4-6H2,1-3H3,(H3,11,12). The van der Waals surface area contributed by atoms with Crippen LogP contribution in [0.3, 0.4) is 0 Å². The lowest BCUT2D eigenvalue weighted by atomic mass is 9.87. The summed E-state index contributed by atoms with van der Waals surface area (Å²) < 4.78 is 5.24. The van der Waals surface area contributed by atoms with Crippen LogP contribution in [0.1, 0.15) is 32.6 Å². The minimum atomic E-state index is -0.217. The Morgan fingerprint density at radius 3 is 2.69 bits per heavy atom. The lowest BCUT2D eigenvalue weighted by molar-refractivity contribution is 0.428. The lowest BCUT2D eigenvalue weighted by Gasteiger charge is -2.22. The van der Waals surface area contributed by atoms with Crippen LogP contribution in [0, 0.1) is 17.7 Å². The van der Waals surface area contributed by atoms with Crippen molar-refractivity contribution in [2.45, 2.75) is 38.8 Å². The average Bonchev–Trinajstić information content (AvgIpc) is 2.59. The Labute approximate surface area is 99.7 Å². The molecule has 1 heterocycles. The highest BCUT2D eigenvalue weighted by Gasteiger charge is 2.20. The van der Waals surface area contributed by atoms with E-state index in [1.165, 1.54) is 0 Å². The van der Waals surface area contributed by atoms with Crippen LogP contribution >= 0.6 is 11.8 Å². The molecule has 0 saturated heterocycles. The van der Waals surface area contributed by atoms with Gasteiger partial charge in [-0.2, -0.15) is 0 Å². The SMILES string of the molecule is Cc1nnc(SCCCC(C)(C)C(=N)N)o1. The van der Waals surface area contributed by atoms with Crippen LogP contribution < -0.4 is 5.73 Å². The van der Waals surface area contributed by atoms with E-state index >= 15 is 0 Å². The minimum absolute atomic E-state index is 0.217. The Morgan fingerprint density at radius 1 is 1.50 bits per heavy atom. The van der Waals surface area contributed by atoms with Gasteiger partial charge in [-0.05, 0) is 12.8 Å². The molecular weight excluding hydrogens is 224 g/mol. The molecule has 0 radical (unpaired) electrons. The topological polar surface area (TPSA) is 88.8 Å². The van der Waals surface area contributed by atoms with Crippen molar-refractivity contribution in [1.82, 2.24) is 10.2 Å². The molecular formula is C10H18N4OS. The number of nitrogens with two attached hydrogens (primary N) is 1. The summed E-state index contributed by atoms with van der Waals surface area (Å²) in [4.78, 5) is 0. The zero-order valence-corrected chi connectivity index (χ0v) is 10.7. The summed E-state index contributed by atoms with van der Waals surface area (Å²) in [5.74, 6) is 1.73. The van der Waals surface area contributed by atoms with Crippen molar-refractivity contribution in [2.24, 2.45) is 11.1 Å². The average molecular weight is 242 g/mol. The molecule has 0 amide bonds. The van der Waals surface area contributed by atoms with Gasteiger partial charge in [0.25, 0.3) is 5.22 Å². The first kappa shape index (κ1) is 13.0. The smallest absolute Gasteiger partial charge is 0.276 e. The molecule has 0 atom stereocenters. The second kappa shape index (κ2) is 5.34. The second-order valence-electron chi connectivity index (χ2n) is 4.34. The largest absolute Gasteiger partial charge is 0.416 e. The van der Waals surface area contributed by atoms with Crippen molar-refractivity contribution >= 4 is 17.6 Å². The molecule has 1 aromatic rings. The Morgan fingerprint density at radius 2 is 2.19 bits per heavy atom. The maximum Gasteiger partial charge on any atom is 0.276 e. The Hall–Kier alpha value is -1.04. The fourth-order valence-electron chi connectivity index (χ4n) is 1.15. The molecule has 0 spiro atoms. The summed E-state index contributed by atoms with van der Waals surface area (Å²) in [6.07, 6.45) is 1.86. The molecule has 0 fully saturated rings. The predicted octanol–water partition coefficient (Wildman–Crippen LogP) is 2.21. The number of nitrogens with zero attached hydrogens (tertiary/aromatic N) is 2. The summed E-state index contributed by atoms with van der Waals surface area (Å²) in [6, 6.07) is 0. The lowest BCUT2D eigenvalue weighted by Crippen LogP contribution is -2.30. The normalized spacial score (nSPS) is 11.7. The molecule has 5 nitrogen and oxygen atoms in total. The highest BCUT2D eigenvalue weighted by Crippen LogP contribution is 2.24. The van der Waals surface area contributed by atoms with Crippen molar-refractivity contribution < 1.29 is 4.42 Å². The monoisotopic (exact) mass is 242 g/mol. The second-order valence-corrected chi connectivity index (χ2v) is 5.38. The minimum Gasteiger partial charge on any atom is -0.416 e. The zero-order valence-electron chi connectivity index (χ0n) is 9.91. The third-order valence-electron chi connectivity index (χ3n) is 2.41. The highest BCUT2D eigenvalue weighted by molar-refractivity contribution is 7.99. The Balaban J connectivity index is 2.24. The number of thioether (sulfide) groups is 1.